The molecular formula is C13H20IN3O2. The van der Waals surface area contributed by atoms with Gasteiger partial charge in [-0.1, -0.05) is 0 Å². The maximum Gasteiger partial charge on any atom is 0.327 e. The lowest BCUT2D eigenvalue weighted by Crippen LogP contribution is -2.29. The second-order valence-electron chi connectivity index (χ2n) is 4.94. The first-order valence-electron chi connectivity index (χ1n) is 6.67. The first-order chi connectivity index (χ1) is 9.10. The number of nitrogens with zero attached hydrogens (tertiary/aromatic N) is 3. The quantitative estimate of drug-likeness (QED) is 0.594. The molecule has 1 aliphatic heterocycles. The number of carbonyl (C=O) groups excluding carboxylic acids is 1. The number of hydrogen-bond acceptors (Lipinski definition) is 4. The third-order valence-corrected chi connectivity index (χ3v) is 4.28. The van der Waals surface area contributed by atoms with Crippen molar-refractivity contribution in [2.75, 3.05) is 26.7 Å². The summed E-state index contributed by atoms with van der Waals surface area (Å²) in [5.74, 6) is 0.294. The summed E-state index contributed by atoms with van der Waals surface area (Å²) in [6.07, 6.45) is 4.22. The molecule has 0 bridgehead atoms. The summed E-state index contributed by atoms with van der Waals surface area (Å²) in [6.45, 7) is 4.67. The van der Waals surface area contributed by atoms with Gasteiger partial charge >= 0.3 is 5.97 Å². The molecule has 0 aromatic carbocycles. The van der Waals surface area contributed by atoms with Crippen molar-refractivity contribution in [1.82, 2.24) is 14.7 Å². The number of esters is 1. The van der Waals surface area contributed by atoms with Crippen molar-refractivity contribution in [2.24, 2.45) is 0 Å². The van der Waals surface area contributed by atoms with Crippen LogP contribution >= 0.6 is 22.6 Å². The summed E-state index contributed by atoms with van der Waals surface area (Å²) >= 11 is 2.31. The number of rotatable bonds is 4. The van der Waals surface area contributed by atoms with E-state index in [1.54, 1.807) is 4.68 Å². The Morgan fingerprint density at radius 2 is 2.21 bits per heavy atom. The van der Waals surface area contributed by atoms with Crippen molar-refractivity contribution < 1.29 is 9.53 Å². The van der Waals surface area contributed by atoms with Gasteiger partial charge in [0.25, 0.3) is 0 Å². The van der Waals surface area contributed by atoms with Crippen LogP contribution in [0.25, 0.3) is 0 Å². The smallest absolute Gasteiger partial charge is 0.327 e. The zero-order valence-electron chi connectivity index (χ0n) is 11.4. The van der Waals surface area contributed by atoms with Crippen LogP contribution in [0.2, 0.25) is 0 Å². The minimum atomic E-state index is -0.226. The largest absolute Gasteiger partial charge is 0.465 e. The Morgan fingerprint density at radius 3 is 2.84 bits per heavy atom. The highest BCUT2D eigenvalue weighted by Gasteiger charge is 2.23. The van der Waals surface area contributed by atoms with Gasteiger partial charge in [-0.3, -0.25) is 9.48 Å². The van der Waals surface area contributed by atoms with Crippen LogP contribution < -0.4 is 0 Å². The number of hydrogen-bond donors (Lipinski definition) is 0. The molecule has 19 heavy (non-hydrogen) atoms. The Morgan fingerprint density at radius 1 is 1.53 bits per heavy atom. The van der Waals surface area contributed by atoms with E-state index in [9.17, 15) is 4.79 Å². The van der Waals surface area contributed by atoms with Gasteiger partial charge < -0.3 is 9.64 Å². The van der Waals surface area contributed by atoms with Gasteiger partial charge in [-0.2, -0.15) is 5.10 Å². The van der Waals surface area contributed by atoms with E-state index in [1.807, 2.05) is 13.1 Å². The van der Waals surface area contributed by atoms with E-state index >= 15 is 0 Å². The lowest BCUT2D eigenvalue weighted by atomic mass is 9.94. The van der Waals surface area contributed by atoms with Crippen LogP contribution in [0, 0.1) is 3.57 Å². The lowest BCUT2D eigenvalue weighted by Gasteiger charge is -2.28. The fourth-order valence-electron chi connectivity index (χ4n) is 2.39. The monoisotopic (exact) mass is 377 g/mol. The predicted molar refractivity (Wildman–Crippen MR) is 81.0 cm³/mol. The average Bonchev–Trinajstić information content (AvgIpc) is 2.71. The number of piperidine rings is 1. The topological polar surface area (TPSA) is 47.4 Å². The molecule has 0 unspecified atom stereocenters. The Bertz CT molecular complexity index is 439. The minimum Gasteiger partial charge on any atom is -0.465 e. The molecule has 1 aliphatic rings. The molecule has 0 saturated carbocycles. The van der Waals surface area contributed by atoms with E-state index in [0.717, 1.165) is 35.2 Å². The number of carbonyl (C=O) groups is 1. The zero-order chi connectivity index (χ0) is 13.8. The van der Waals surface area contributed by atoms with Crippen molar-refractivity contribution in [3.8, 4) is 0 Å². The highest BCUT2D eigenvalue weighted by atomic mass is 127. The highest BCUT2D eigenvalue weighted by Crippen LogP contribution is 2.29. The normalized spacial score (nSPS) is 17.6. The summed E-state index contributed by atoms with van der Waals surface area (Å²) in [6, 6.07) is 0. The van der Waals surface area contributed by atoms with Crippen LogP contribution in [0.3, 0.4) is 0 Å². The van der Waals surface area contributed by atoms with E-state index in [0.29, 0.717) is 12.5 Å². The maximum absolute atomic E-state index is 11.5. The van der Waals surface area contributed by atoms with Gasteiger partial charge in [0.05, 0.1) is 15.9 Å². The van der Waals surface area contributed by atoms with Crippen LogP contribution in [-0.2, 0) is 16.1 Å². The summed E-state index contributed by atoms with van der Waals surface area (Å²) in [5.41, 5.74) is 1.14. The molecule has 1 aromatic heterocycles. The maximum atomic E-state index is 11.5. The van der Waals surface area contributed by atoms with E-state index in [1.165, 1.54) is 0 Å². The van der Waals surface area contributed by atoms with E-state index in [2.05, 4.69) is 39.6 Å². The fourth-order valence-corrected chi connectivity index (χ4v) is 3.26. The summed E-state index contributed by atoms with van der Waals surface area (Å²) in [5, 5.41) is 4.57. The summed E-state index contributed by atoms with van der Waals surface area (Å²) in [7, 11) is 2.15. The fraction of sp³-hybridized carbons (Fsp3) is 0.692. The molecule has 0 atom stereocenters. The molecule has 0 amide bonds. The zero-order valence-corrected chi connectivity index (χ0v) is 13.6. The number of likely N-dealkylation sites (tertiary alicyclic amines) is 1. The lowest BCUT2D eigenvalue weighted by molar-refractivity contribution is -0.144. The molecule has 2 rings (SSSR count). The Kier molecular flexibility index (Phi) is 5.20. The molecule has 2 heterocycles. The Balaban J connectivity index is 2.02. The molecule has 0 spiro atoms. The first-order valence-corrected chi connectivity index (χ1v) is 7.75. The van der Waals surface area contributed by atoms with Crippen molar-refractivity contribution in [3.63, 3.8) is 0 Å². The molecule has 6 heteroatoms. The third kappa shape index (κ3) is 3.92. The van der Waals surface area contributed by atoms with Crippen molar-refractivity contribution in [1.29, 1.82) is 0 Å². The van der Waals surface area contributed by atoms with Crippen LogP contribution in [0.15, 0.2) is 6.20 Å². The Hall–Kier alpha value is -0.630. The first kappa shape index (κ1) is 14.8. The van der Waals surface area contributed by atoms with Gasteiger partial charge in [0.2, 0.25) is 0 Å². The van der Waals surface area contributed by atoms with Crippen LogP contribution in [0.1, 0.15) is 31.4 Å². The third-order valence-electron chi connectivity index (χ3n) is 3.44. The standard InChI is InChI=1S/C13H20IN3O2/c1-3-19-12(18)9-17-8-11(14)13(15-17)10-4-6-16(2)7-5-10/h8,10H,3-7,9H2,1-2H3. The summed E-state index contributed by atoms with van der Waals surface area (Å²) in [4.78, 5) is 13.8. The molecule has 1 aromatic rings. The average molecular weight is 377 g/mol. The molecule has 0 aliphatic carbocycles. The predicted octanol–water partition coefficient (Wildman–Crippen LogP) is 1.86. The molecule has 5 nitrogen and oxygen atoms in total. The molecule has 0 radical (unpaired) electrons. The summed E-state index contributed by atoms with van der Waals surface area (Å²) < 4.78 is 7.80. The van der Waals surface area contributed by atoms with E-state index in [-0.39, 0.29) is 12.5 Å². The number of ether oxygens (including phenoxy) is 1. The molecule has 1 saturated heterocycles. The molecule has 106 valence electrons. The molecule has 0 N–H and O–H groups in total. The van der Waals surface area contributed by atoms with Gasteiger partial charge in [0.1, 0.15) is 6.54 Å². The SMILES string of the molecule is CCOC(=O)Cn1cc(I)c(C2CCN(C)CC2)n1. The van der Waals surface area contributed by atoms with Crippen molar-refractivity contribution >= 4 is 28.6 Å². The highest BCUT2D eigenvalue weighted by molar-refractivity contribution is 14.1. The van der Waals surface area contributed by atoms with Gasteiger partial charge in [0, 0.05) is 12.1 Å². The van der Waals surface area contributed by atoms with Gasteiger partial charge in [0.15, 0.2) is 0 Å². The number of aromatic nitrogens is 2. The molecular weight excluding hydrogens is 357 g/mol. The van der Waals surface area contributed by atoms with Gasteiger partial charge in [-0.15, -0.1) is 0 Å². The number of halogens is 1. The van der Waals surface area contributed by atoms with E-state index < -0.39 is 0 Å². The van der Waals surface area contributed by atoms with Gasteiger partial charge in [-0.05, 0) is 62.5 Å². The van der Waals surface area contributed by atoms with Crippen LogP contribution in [0.4, 0.5) is 0 Å². The van der Waals surface area contributed by atoms with Crippen molar-refractivity contribution in [3.05, 3.63) is 15.5 Å². The van der Waals surface area contributed by atoms with Gasteiger partial charge in [-0.25, -0.2) is 0 Å². The van der Waals surface area contributed by atoms with Crippen molar-refractivity contribution in [2.45, 2.75) is 32.2 Å². The van der Waals surface area contributed by atoms with Crippen LogP contribution in [-0.4, -0.2) is 47.4 Å². The second-order valence-corrected chi connectivity index (χ2v) is 6.10. The molecule has 1 fully saturated rings. The van der Waals surface area contributed by atoms with E-state index in [4.69, 9.17) is 4.74 Å². The Labute approximate surface area is 127 Å². The second kappa shape index (κ2) is 6.69. The minimum absolute atomic E-state index is 0.205. The van der Waals surface area contributed by atoms with Crippen LogP contribution in [0.5, 0.6) is 0 Å².